The second-order valence-corrected chi connectivity index (χ2v) is 5.98. The minimum atomic E-state index is 0.939. The van der Waals surface area contributed by atoms with Crippen molar-refractivity contribution in [3.63, 3.8) is 0 Å². The van der Waals surface area contributed by atoms with E-state index >= 15 is 0 Å². The van der Waals surface area contributed by atoms with Gasteiger partial charge in [0, 0.05) is 28.5 Å². The molecule has 1 aromatic rings. The van der Waals surface area contributed by atoms with Crippen LogP contribution in [0, 0.1) is 0 Å². The van der Waals surface area contributed by atoms with Gasteiger partial charge in [-0.25, -0.2) is 0 Å². The molecule has 1 rings (SSSR count). The Morgan fingerprint density at radius 3 is 2.67 bits per heavy atom. The van der Waals surface area contributed by atoms with Crippen molar-refractivity contribution in [1.29, 1.82) is 0 Å². The molecule has 0 atom stereocenters. The molecule has 1 aromatic carbocycles. The monoisotopic (exact) mass is 377 g/mol. The summed E-state index contributed by atoms with van der Waals surface area (Å²) in [6.07, 6.45) is 2.47. The van der Waals surface area contributed by atoms with Gasteiger partial charge in [-0.15, -0.1) is 0 Å². The highest BCUT2D eigenvalue weighted by Gasteiger charge is 2.09. The summed E-state index contributed by atoms with van der Waals surface area (Å²) in [5, 5.41) is 1.01. The van der Waals surface area contributed by atoms with Crippen LogP contribution in [0.3, 0.4) is 0 Å². The predicted molar refractivity (Wildman–Crippen MR) is 84.7 cm³/mol. The van der Waals surface area contributed by atoms with Crippen molar-refractivity contribution in [1.82, 2.24) is 4.90 Å². The third-order valence-corrected chi connectivity index (χ3v) is 3.71. The van der Waals surface area contributed by atoms with Crippen molar-refractivity contribution in [2.45, 2.75) is 26.3 Å². The fourth-order valence-corrected chi connectivity index (χ4v) is 2.79. The number of alkyl halides is 1. The van der Waals surface area contributed by atoms with E-state index in [-0.39, 0.29) is 0 Å². The number of methoxy groups -OCH3 is 1. The lowest BCUT2D eigenvalue weighted by atomic mass is 10.2. The number of halogens is 2. The molecule has 0 heterocycles. The summed E-state index contributed by atoms with van der Waals surface area (Å²) in [6.45, 7) is 5.37. The molecule has 102 valence electrons. The zero-order chi connectivity index (χ0) is 13.4. The molecular weight excluding hydrogens is 358 g/mol. The lowest BCUT2D eigenvalue weighted by Crippen LogP contribution is -2.26. The fourth-order valence-electron chi connectivity index (χ4n) is 1.88. The molecule has 0 aliphatic heterocycles. The molecule has 0 saturated carbocycles. The van der Waals surface area contributed by atoms with Crippen LogP contribution in [0.1, 0.15) is 25.3 Å². The Morgan fingerprint density at radius 1 is 1.28 bits per heavy atom. The number of hydrogen-bond donors (Lipinski definition) is 0. The Morgan fingerprint density at radius 2 is 2.06 bits per heavy atom. The van der Waals surface area contributed by atoms with E-state index in [2.05, 4.69) is 49.7 Å². The van der Waals surface area contributed by atoms with Gasteiger partial charge in [0.15, 0.2) is 0 Å². The highest BCUT2D eigenvalue weighted by Crippen LogP contribution is 2.24. The maximum Gasteiger partial charge on any atom is 0.123 e. The maximum absolute atomic E-state index is 5.42. The Balaban J connectivity index is 2.74. The zero-order valence-corrected chi connectivity index (χ0v) is 14.3. The number of benzene rings is 1. The van der Waals surface area contributed by atoms with Crippen molar-refractivity contribution < 1.29 is 4.74 Å². The molecular formula is C14H21Br2NO. The van der Waals surface area contributed by atoms with Gasteiger partial charge in [0.1, 0.15) is 5.75 Å². The molecule has 0 aliphatic carbocycles. The Bertz CT molecular complexity index is 358. The zero-order valence-electron chi connectivity index (χ0n) is 11.1. The summed E-state index contributed by atoms with van der Waals surface area (Å²) in [6, 6.07) is 6.18. The van der Waals surface area contributed by atoms with Crippen LogP contribution >= 0.6 is 31.9 Å². The van der Waals surface area contributed by atoms with Crippen LogP contribution in [-0.4, -0.2) is 30.4 Å². The topological polar surface area (TPSA) is 12.5 Å². The first-order chi connectivity index (χ1) is 8.71. The highest BCUT2D eigenvalue weighted by atomic mass is 79.9. The Hall–Kier alpha value is -0.0600. The van der Waals surface area contributed by atoms with Gasteiger partial charge < -0.3 is 4.74 Å². The van der Waals surface area contributed by atoms with Gasteiger partial charge in [-0.1, -0.05) is 45.2 Å². The number of ether oxygens (including phenoxy) is 1. The molecule has 0 bridgehead atoms. The predicted octanol–water partition coefficient (Wildman–Crippen LogP) is 4.45. The van der Waals surface area contributed by atoms with Crippen molar-refractivity contribution in [2.75, 3.05) is 25.5 Å². The Labute approximate surface area is 127 Å². The smallest absolute Gasteiger partial charge is 0.123 e. The maximum atomic E-state index is 5.42. The van der Waals surface area contributed by atoms with Crippen molar-refractivity contribution in [3.05, 3.63) is 28.2 Å². The molecule has 4 heteroatoms. The van der Waals surface area contributed by atoms with Crippen molar-refractivity contribution in [3.8, 4) is 5.75 Å². The van der Waals surface area contributed by atoms with Crippen LogP contribution in [0.2, 0.25) is 0 Å². The Kier molecular flexibility index (Phi) is 7.95. The van der Waals surface area contributed by atoms with E-state index in [1.54, 1.807) is 7.11 Å². The minimum absolute atomic E-state index is 0.939. The normalized spacial score (nSPS) is 10.9. The van der Waals surface area contributed by atoms with Gasteiger partial charge in [-0.3, -0.25) is 4.90 Å². The van der Waals surface area contributed by atoms with E-state index < -0.39 is 0 Å². The molecule has 18 heavy (non-hydrogen) atoms. The van der Waals surface area contributed by atoms with Crippen molar-refractivity contribution >= 4 is 31.9 Å². The number of nitrogens with zero attached hydrogens (tertiary/aromatic N) is 1. The molecule has 0 spiro atoms. The van der Waals surface area contributed by atoms with Crippen LogP contribution in [0.5, 0.6) is 5.75 Å². The van der Waals surface area contributed by atoms with Crippen LogP contribution in [0.15, 0.2) is 22.7 Å². The average Bonchev–Trinajstić information content (AvgIpc) is 2.36. The van der Waals surface area contributed by atoms with Gasteiger partial charge in [0.2, 0.25) is 0 Å². The first kappa shape index (κ1) is 16.0. The summed E-state index contributed by atoms with van der Waals surface area (Å²) < 4.78 is 6.53. The minimum Gasteiger partial charge on any atom is -0.496 e. The summed E-state index contributed by atoms with van der Waals surface area (Å²) in [5.41, 5.74) is 1.24. The SMILES string of the molecule is CCCCN(CCBr)Cc1cc(Br)ccc1OC. The van der Waals surface area contributed by atoms with Gasteiger partial charge in [0.25, 0.3) is 0 Å². The number of rotatable bonds is 8. The second-order valence-electron chi connectivity index (χ2n) is 4.27. The largest absolute Gasteiger partial charge is 0.496 e. The fraction of sp³-hybridized carbons (Fsp3) is 0.571. The van der Waals surface area contributed by atoms with E-state index in [0.717, 1.165) is 35.2 Å². The highest BCUT2D eigenvalue weighted by molar-refractivity contribution is 9.10. The number of hydrogen-bond acceptors (Lipinski definition) is 2. The lowest BCUT2D eigenvalue weighted by molar-refractivity contribution is 0.273. The lowest BCUT2D eigenvalue weighted by Gasteiger charge is -2.22. The molecule has 0 radical (unpaired) electrons. The first-order valence-electron chi connectivity index (χ1n) is 6.32. The van der Waals surface area contributed by atoms with Crippen LogP contribution in [0.25, 0.3) is 0 Å². The summed E-state index contributed by atoms with van der Waals surface area (Å²) in [4.78, 5) is 2.46. The molecule has 0 aromatic heterocycles. The quantitative estimate of drug-likeness (QED) is 0.619. The standard InChI is InChI=1S/C14H21Br2NO/c1-3-4-8-17(9-7-15)11-12-10-13(16)5-6-14(12)18-2/h5-6,10H,3-4,7-9,11H2,1-2H3. The van der Waals surface area contributed by atoms with Gasteiger partial charge in [-0.2, -0.15) is 0 Å². The van der Waals surface area contributed by atoms with E-state index in [0.29, 0.717) is 0 Å². The van der Waals surface area contributed by atoms with Crippen LogP contribution in [0.4, 0.5) is 0 Å². The molecule has 0 amide bonds. The molecule has 0 saturated heterocycles. The first-order valence-corrected chi connectivity index (χ1v) is 8.23. The van der Waals surface area contributed by atoms with E-state index in [1.165, 1.54) is 18.4 Å². The third kappa shape index (κ3) is 5.29. The van der Waals surface area contributed by atoms with E-state index in [9.17, 15) is 0 Å². The summed E-state index contributed by atoms with van der Waals surface area (Å²) in [5.74, 6) is 0.967. The van der Waals surface area contributed by atoms with Crippen LogP contribution in [-0.2, 0) is 6.54 Å². The summed E-state index contributed by atoms with van der Waals surface area (Å²) in [7, 11) is 1.73. The molecule has 0 unspecified atom stereocenters. The molecule has 0 aliphatic rings. The van der Waals surface area contributed by atoms with E-state index in [4.69, 9.17) is 4.74 Å². The molecule has 0 N–H and O–H groups in total. The van der Waals surface area contributed by atoms with Crippen molar-refractivity contribution in [2.24, 2.45) is 0 Å². The average molecular weight is 379 g/mol. The van der Waals surface area contributed by atoms with Gasteiger partial charge in [0.05, 0.1) is 7.11 Å². The van der Waals surface area contributed by atoms with E-state index in [1.807, 2.05) is 12.1 Å². The number of unbranched alkanes of at least 4 members (excludes halogenated alkanes) is 1. The molecule has 0 fully saturated rings. The summed E-state index contributed by atoms with van der Waals surface area (Å²) >= 11 is 7.05. The van der Waals surface area contributed by atoms with Gasteiger partial charge in [-0.05, 0) is 31.2 Å². The van der Waals surface area contributed by atoms with Gasteiger partial charge >= 0.3 is 0 Å². The molecule has 2 nitrogen and oxygen atoms in total. The van der Waals surface area contributed by atoms with Crippen LogP contribution < -0.4 is 4.74 Å². The third-order valence-electron chi connectivity index (χ3n) is 2.87. The second kappa shape index (κ2) is 8.94.